The van der Waals surface area contributed by atoms with Crippen molar-refractivity contribution < 1.29 is 9.59 Å². The zero-order valence-electron chi connectivity index (χ0n) is 11.4. The van der Waals surface area contributed by atoms with Crippen molar-refractivity contribution in [2.45, 2.75) is 32.2 Å². The molecule has 1 aliphatic heterocycles. The van der Waals surface area contributed by atoms with E-state index < -0.39 is 0 Å². The molecule has 1 heterocycles. The second-order valence-corrected chi connectivity index (χ2v) is 5.98. The van der Waals surface area contributed by atoms with Crippen molar-refractivity contribution in [3.05, 3.63) is 28.8 Å². The SMILES string of the molecule is Cc1ccc(N2CCC(=O)NC(C3CC3)C2=O)c(Cl)c1. The quantitative estimate of drug-likeness (QED) is 0.909. The van der Waals surface area contributed by atoms with Crippen molar-refractivity contribution >= 4 is 29.1 Å². The normalized spacial score (nSPS) is 23.5. The summed E-state index contributed by atoms with van der Waals surface area (Å²) in [5.74, 6) is 0.196. The molecular formula is C15H17ClN2O2. The van der Waals surface area contributed by atoms with Crippen LogP contribution in [0, 0.1) is 12.8 Å². The molecule has 0 aromatic heterocycles. The molecule has 4 nitrogen and oxygen atoms in total. The number of hydrogen-bond donors (Lipinski definition) is 1. The minimum Gasteiger partial charge on any atom is -0.344 e. The number of nitrogens with zero attached hydrogens (tertiary/aromatic N) is 1. The van der Waals surface area contributed by atoms with Gasteiger partial charge in [0.25, 0.3) is 0 Å². The van der Waals surface area contributed by atoms with Crippen molar-refractivity contribution in [2.75, 3.05) is 11.4 Å². The molecule has 1 aromatic carbocycles. The molecule has 1 unspecified atom stereocenters. The molecule has 1 N–H and O–H groups in total. The van der Waals surface area contributed by atoms with Gasteiger partial charge in [0, 0.05) is 13.0 Å². The Morgan fingerprint density at radius 3 is 2.70 bits per heavy atom. The highest BCUT2D eigenvalue weighted by atomic mass is 35.5. The van der Waals surface area contributed by atoms with E-state index >= 15 is 0 Å². The number of aryl methyl sites for hydroxylation is 1. The smallest absolute Gasteiger partial charge is 0.249 e. The number of anilines is 1. The average Bonchev–Trinajstić information content (AvgIpc) is 3.21. The molecule has 1 aliphatic carbocycles. The third-order valence-electron chi connectivity index (χ3n) is 3.90. The number of amides is 2. The van der Waals surface area contributed by atoms with Crippen LogP contribution in [0.15, 0.2) is 18.2 Å². The van der Waals surface area contributed by atoms with E-state index in [4.69, 9.17) is 11.6 Å². The lowest BCUT2D eigenvalue weighted by atomic mass is 10.1. The molecule has 1 saturated heterocycles. The number of rotatable bonds is 2. The van der Waals surface area contributed by atoms with Crippen LogP contribution in [0.3, 0.4) is 0 Å². The van der Waals surface area contributed by atoms with Crippen molar-refractivity contribution in [1.29, 1.82) is 0 Å². The maximum absolute atomic E-state index is 12.7. The van der Waals surface area contributed by atoms with Crippen LogP contribution >= 0.6 is 11.6 Å². The van der Waals surface area contributed by atoms with Gasteiger partial charge < -0.3 is 10.2 Å². The monoisotopic (exact) mass is 292 g/mol. The largest absolute Gasteiger partial charge is 0.344 e. The van der Waals surface area contributed by atoms with Crippen LogP contribution < -0.4 is 10.2 Å². The Labute approximate surface area is 123 Å². The fraction of sp³-hybridized carbons (Fsp3) is 0.467. The predicted molar refractivity (Wildman–Crippen MR) is 77.8 cm³/mol. The number of halogens is 1. The van der Waals surface area contributed by atoms with Crippen molar-refractivity contribution in [3.63, 3.8) is 0 Å². The Morgan fingerprint density at radius 2 is 2.05 bits per heavy atom. The van der Waals surface area contributed by atoms with Gasteiger partial charge in [-0.3, -0.25) is 9.59 Å². The van der Waals surface area contributed by atoms with Crippen LogP contribution in [-0.2, 0) is 9.59 Å². The second-order valence-electron chi connectivity index (χ2n) is 5.58. The number of hydrogen-bond acceptors (Lipinski definition) is 2. The fourth-order valence-electron chi connectivity index (χ4n) is 2.62. The van der Waals surface area contributed by atoms with Gasteiger partial charge in [-0.25, -0.2) is 0 Å². The van der Waals surface area contributed by atoms with Gasteiger partial charge in [-0.2, -0.15) is 0 Å². The van der Waals surface area contributed by atoms with Gasteiger partial charge in [0.15, 0.2) is 0 Å². The maximum Gasteiger partial charge on any atom is 0.249 e. The van der Waals surface area contributed by atoms with Crippen LogP contribution in [0.4, 0.5) is 5.69 Å². The summed E-state index contributed by atoms with van der Waals surface area (Å²) in [5.41, 5.74) is 1.75. The maximum atomic E-state index is 12.7. The molecule has 2 aliphatic rings. The van der Waals surface area contributed by atoms with Gasteiger partial charge in [-0.15, -0.1) is 0 Å². The Hall–Kier alpha value is -1.55. The van der Waals surface area contributed by atoms with E-state index in [2.05, 4.69) is 5.32 Å². The minimum atomic E-state index is -0.387. The van der Waals surface area contributed by atoms with Gasteiger partial charge >= 0.3 is 0 Å². The molecule has 1 atom stereocenters. The molecule has 1 saturated carbocycles. The van der Waals surface area contributed by atoms with Crippen molar-refractivity contribution in [3.8, 4) is 0 Å². The van der Waals surface area contributed by atoms with E-state index in [0.29, 0.717) is 23.7 Å². The van der Waals surface area contributed by atoms with Crippen molar-refractivity contribution in [2.24, 2.45) is 5.92 Å². The number of carbonyl (C=O) groups excluding carboxylic acids is 2. The van der Waals surface area contributed by atoms with E-state index in [1.54, 1.807) is 4.90 Å². The van der Waals surface area contributed by atoms with Crippen LogP contribution in [0.5, 0.6) is 0 Å². The van der Waals surface area contributed by atoms with Gasteiger partial charge in [-0.1, -0.05) is 17.7 Å². The highest BCUT2D eigenvalue weighted by Crippen LogP contribution is 2.36. The molecule has 0 bridgehead atoms. The summed E-state index contributed by atoms with van der Waals surface area (Å²) >= 11 is 6.26. The lowest BCUT2D eigenvalue weighted by Gasteiger charge is -2.25. The average molecular weight is 293 g/mol. The van der Waals surface area contributed by atoms with E-state index in [1.807, 2.05) is 25.1 Å². The molecule has 106 valence electrons. The summed E-state index contributed by atoms with van der Waals surface area (Å²) in [6.07, 6.45) is 2.33. The first kappa shape index (κ1) is 13.4. The van der Waals surface area contributed by atoms with Crippen LogP contribution in [0.25, 0.3) is 0 Å². The van der Waals surface area contributed by atoms with E-state index in [0.717, 1.165) is 18.4 Å². The Balaban J connectivity index is 1.93. The standard InChI is InChI=1S/C15H17ClN2O2/c1-9-2-5-12(11(16)8-9)18-7-6-13(19)17-14(15(18)20)10-3-4-10/h2,5,8,10,14H,3-4,6-7H2,1H3,(H,17,19). The number of nitrogens with one attached hydrogen (secondary N) is 1. The van der Waals surface area contributed by atoms with Crippen LogP contribution in [0.2, 0.25) is 5.02 Å². The summed E-state index contributed by atoms with van der Waals surface area (Å²) in [6, 6.07) is 5.24. The predicted octanol–water partition coefficient (Wildman–Crippen LogP) is 2.28. The van der Waals surface area contributed by atoms with Gasteiger partial charge in [0.2, 0.25) is 11.8 Å². The second kappa shape index (κ2) is 5.09. The first-order chi connectivity index (χ1) is 9.56. The lowest BCUT2D eigenvalue weighted by Crippen LogP contribution is -2.46. The number of benzene rings is 1. The molecule has 2 amide bonds. The summed E-state index contributed by atoms with van der Waals surface area (Å²) in [4.78, 5) is 26.1. The number of carbonyl (C=O) groups is 2. The minimum absolute atomic E-state index is 0.0379. The highest BCUT2D eigenvalue weighted by Gasteiger charge is 2.41. The van der Waals surface area contributed by atoms with E-state index in [-0.39, 0.29) is 23.8 Å². The van der Waals surface area contributed by atoms with Gasteiger partial charge in [0.05, 0.1) is 10.7 Å². The van der Waals surface area contributed by atoms with E-state index in [1.165, 1.54) is 0 Å². The Bertz CT molecular complexity index is 569. The summed E-state index contributed by atoms with van der Waals surface area (Å²) in [7, 11) is 0. The molecule has 5 heteroatoms. The molecule has 20 heavy (non-hydrogen) atoms. The summed E-state index contributed by atoms with van der Waals surface area (Å²) in [5, 5.41) is 3.41. The van der Waals surface area contributed by atoms with Crippen molar-refractivity contribution in [1.82, 2.24) is 5.32 Å². The third-order valence-corrected chi connectivity index (χ3v) is 4.20. The van der Waals surface area contributed by atoms with Gasteiger partial charge in [-0.05, 0) is 43.4 Å². The van der Waals surface area contributed by atoms with E-state index in [9.17, 15) is 9.59 Å². The highest BCUT2D eigenvalue weighted by molar-refractivity contribution is 6.34. The summed E-state index contributed by atoms with van der Waals surface area (Å²) < 4.78 is 0. The first-order valence-electron chi connectivity index (χ1n) is 6.93. The molecular weight excluding hydrogens is 276 g/mol. The Morgan fingerprint density at radius 1 is 1.30 bits per heavy atom. The third kappa shape index (κ3) is 2.52. The summed E-state index contributed by atoms with van der Waals surface area (Å²) in [6.45, 7) is 2.34. The molecule has 3 rings (SSSR count). The van der Waals surface area contributed by atoms with Crippen LogP contribution in [0.1, 0.15) is 24.8 Å². The molecule has 0 spiro atoms. The zero-order chi connectivity index (χ0) is 14.3. The Kier molecular flexibility index (Phi) is 3.42. The first-order valence-corrected chi connectivity index (χ1v) is 7.31. The van der Waals surface area contributed by atoms with Gasteiger partial charge in [0.1, 0.15) is 6.04 Å². The zero-order valence-corrected chi connectivity index (χ0v) is 12.1. The topological polar surface area (TPSA) is 49.4 Å². The molecule has 0 radical (unpaired) electrons. The molecule has 2 fully saturated rings. The molecule has 1 aromatic rings. The lowest BCUT2D eigenvalue weighted by molar-refractivity contribution is -0.126. The fourth-order valence-corrected chi connectivity index (χ4v) is 2.95. The van der Waals surface area contributed by atoms with Crippen LogP contribution in [-0.4, -0.2) is 24.4 Å².